The minimum Gasteiger partial charge on any atom is -0.463 e. The lowest BCUT2D eigenvalue weighted by Crippen LogP contribution is -2.44. The second-order valence-corrected chi connectivity index (χ2v) is 7.61. The zero-order valence-corrected chi connectivity index (χ0v) is 18.1. The molecular formula is C18H18ClFN4O5S. The van der Waals surface area contributed by atoms with Crippen LogP contribution in [0.1, 0.15) is 25.8 Å². The Morgan fingerprint density at radius 3 is 2.50 bits per heavy atom. The van der Waals surface area contributed by atoms with Crippen LogP contribution in [0.15, 0.2) is 26.9 Å². The lowest BCUT2D eigenvalue weighted by molar-refractivity contribution is -0.166. The molecule has 0 amide bonds. The second-order valence-electron chi connectivity index (χ2n) is 6.84. The van der Waals surface area contributed by atoms with E-state index in [0.29, 0.717) is 4.57 Å². The minimum absolute atomic E-state index is 0.00239. The van der Waals surface area contributed by atoms with Crippen molar-refractivity contribution in [1.82, 2.24) is 13.7 Å². The second kappa shape index (κ2) is 7.80. The predicted molar refractivity (Wildman–Crippen MR) is 109 cm³/mol. The van der Waals surface area contributed by atoms with Gasteiger partial charge in [-0.05, 0) is 38.2 Å². The van der Waals surface area contributed by atoms with E-state index < -0.39 is 28.8 Å². The van der Waals surface area contributed by atoms with Gasteiger partial charge >= 0.3 is 17.3 Å². The van der Waals surface area contributed by atoms with Crippen LogP contribution in [0, 0.1) is 10.6 Å². The zero-order valence-electron chi connectivity index (χ0n) is 16.6. The highest BCUT2D eigenvalue weighted by Gasteiger charge is 2.44. The Balaban J connectivity index is 2.15. The van der Waals surface area contributed by atoms with Crippen molar-refractivity contribution in [1.29, 1.82) is 0 Å². The average Bonchev–Trinajstić information content (AvgIpc) is 3.10. The fourth-order valence-corrected chi connectivity index (χ4v) is 3.40. The first kappa shape index (κ1) is 21.9. The van der Waals surface area contributed by atoms with Crippen LogP contribution in [0.3, 0.4) is 0 Å². The van der Waals surface area contributed by atoms with Crippen LogP contribution in [0.4, 0.5) is 4.39 Å². The van der Waals surface area contributed by atoms with Crippen molar-refractivity contribution in [2.24, 2.45) is 19.3 Å². The molecule has 0 saturated carbocycles. The summed E-state index contributed by atoms with van der Waals surface area (Å²) in [5, 5.41) is 3.87. The van der Waals surface area contributed by atoms with E-state index in [4.69, 9.17) is 33.4 Å². The molecule has 9 nitrogen and oxygen atoms in total. The summed E-state index contributed by atoms with van der Waals surface area (Å²) in [5.74, 6) is -1.51. The molecule has 1 aromatic heterocycles. The molecule has 3 rings (SSSR count). The number of rotatable bonds is 4. The smallest absolute Gasteiger partial charge is 0.353 e. The van der Waals surface area contributed by atoms with Crippen molar-refractivity contribution in [2.75, 3.05) is 6.61 Å². The quantitative estimate of drug-likeness (QED) is 0.514. The normalized spacial score (nSPS) is 18.1. The first-order chi connectivity index (χ1) is 14.0. The Morgan fingerprint density at radius 2 is 1.93 bits per heavy atom. The summed E-state index contributed by atoms with van der Waals surface area (Å²) in [4.78, 5) is 42.7. The van der Waals surface area contributed by atoms with Crippen LogP contribution in [0.5, 0.6) is 0 Å². The Kier molecular flexibility index (Phi) is 5.70. The van der Waals surface area contributed by atoms with Crippen molar-refractivity contribution >= 4 is 35.5 Å². The summed E-state index contributed by atoms with van der Waals surface area (Å²) >= 11 is 11.2. The Hall–Kier alpha value is -2.79. The molecule has 0 bridgehead atoms. The molecule has 0 unspecified atom stereocenters. The van der Waals surface area contributed by atoms with Crippen LogP contribution >= 0.6 is 23.8 Å². The van der Waals surface area contributed by atoms with Crippen LogP contribution in [-0.2, 0) is 28.5 Å². The first-order valence-corrected chi connectivity index (χ1v) is 9.61. The van der Waals surface area contributed by atoms with Crippen molar-refractivity contribution in [2.45, 2.75) is 25.9 Å². The van der Waals surface area contributed by atoms with E-state index in [-0.39, 0.29) is 39.8 Å². The van der Waals surface area contributed by atoms with Crippen molar-refractivity contribution < 1.29 is 18.8 Å². The summed E-state index contributed by atoms with van der Waals surface area (Å²) in [5.41, 5.74) is -2.90. The zero-order chi connectivity index (χ0) is 22.4. The van der Waals surface area contributed by atoms with E-state index in [0.717, 1.165) is 15.2 Å². The van der Waals surface area contributed by atoms with Crippen molar-refractivity contribution in [3.05, 3.63) is 54.3 Å². The molecule has 0 spiro atoms. The van der Waals surface area contributed by atoms with Gasteiger partial charge in [-0.15, -0.1) is 0 Å². The number of esters is 1. The molecule has 160 valence electrons. The summed E-state index contributed by atoms with van der Waals surface area (Å²) in [7, 11) is 2.74. The molecule has 12 heteroatoms. The summed E-state index contributed by atoms with van der Waals surface area (Å²) in [6.45, 7) is 3.33. The minimum atomic E-state index is -1.37. The van der Waals surface area contributed by atoms with Gasteiger partial charge in [-0.25, -0.2) is 23.3 Å². The highest BCUT2D eigenvalue weighted by atomic mass is 35.5. The standard InChI is InChI=1S/C18H18ClFN4O5S/c1-5-28-14(25)18(2)8-12(21-29-18)9-6-13(11(20)7-10(9)19)24-15(26)22(3)17(30)23(4)16(24)27/h6-7H,5,8H2,1-4H3/t18-/m0/s1. The lowest BCUT2D eigenvalue weighted by Gasteiger charge is -2.18. The number of ether oxygens (including phenoxy) is 1. The largest absolute Gasteiger partial charge is 0.463 e. The number of aromatic nitrogens is 3. The number of carbonyl (C=O) groups excluding carboxylic acids is 1. The molecule has 2 aromatic rings. The third kappa shape index (κ3) is 3.47. The van der Waals surface area contributed by atoms with Gasteiger partial charge in [0.1, 0.15) is 5.82 Å². The van der Waals surface area contributed by atoms with Crippen LogP contribution < -0.4 is 11.4 Å². The third-order valence-electron chi connectivity index (χ3n) is 4.69. The third-order valence-corrected chi connectivity index (χ3v) is 5.55. The highest BCUT2D eigenvalue weighted by molar-refractivity contribution is 7.71. The fourth-order valence-electron chi connectivity index (χ4n) is 2.98. The molecular weight excluding hydrogens is 439 g/mol. The Labute approximate surface area is 179 Å². The predicted octanol–water partition coefficient (Wildman–Crippen LogP) is 1.84. The summed E-state index contributed by atoms with van der Waals surface area (Å²) < 4.78 is 22.4. The topological polar surface area (TPSA) is 96.8 Å². The molecule has 2 heterocycles. The average molecular weight is 457 g/mol. The summed E-state index contributed by atoms with van der Waals surface area (Å²) in [6, 6.07) is 2.17. The number of carbonyl (C=O) groups is 1. The van der Waals surface area contributed by atoms with Crippen molar-refractivity contribution in [3.63, 3.8) is 0 Å². The van der Waals surface area contributed by atoms with Gasteiger partial charge in [0, 0.05) is 26.1 Å². The molecule has 30 heavy (non-hydrogen) atoms. The maximum Gasteiger partial charge on any atom is 0.353 e. The van der Waals surface area contributed by atoms with E-state index in [2.05, 4.69) is 5.16 Å². The van der Waals surface area contributed by atoms with Crippen LogP contribution in [-0.4, -0.2) is 37.6 Å². The molecule has 1 aliphatic rings. The Morgan fingerprint density at radius 1 is 1.33 bits per heavy atom. The lowest BCUT2D eigenvalue weighted by atomic mass is 9.95. The molecule has 0 saturated heterocycles. The number of benzene rings is 1. The molecule has 0 radical (unpaired) electrons. The number of hydrogen-bond donors (Lipinski definition) is 0. The van der Waals surface area contributed by atoms with Crippen molar-refractivity contribution in [3.8, 4) is 5.69 Å². The van der Waals surface area contributed by atoms with E-state index in [1.165, 1.54) is 27.1 Å². The maximum absolute atomic E-state index is 14.7. The van der Waals surface area contributed by atoms with Gasteiger partial charge in [-0.1, -0.05) is 16.8 Å². The molecule has 1 aliphatic heterocycles. The number of halogens is 2. The van der Waals surface area contributed by atoms with Gasteiger partial charge in [0.2, 0.25) is 5.60 Å². The maximum atomic E-state index is 14.7. The SMILES string of the molecule is CCOC(=O)[C@]1(C)CC(c2cc(-n3c(=O)n(C)c(=S)n(C)c3=O)c(F)cc2Cl)=NO1. The molecule has 0 N–H and O–H groups in total. The van der Waals surface area contributed by atoms with Crippen LogP contribution in [0.2, 0.25) is 5.02 Å². The highest BCUT2D eigenvalue weighted by Crippen LogP contribution is 2.32. The van der Waals surface area contributed by atoms with Gasteiger partial charge in [0.05, 0.1) is 23.0 Å². The molecule has 1 atom stereocenters. The number of hydrogen-bond acceptors (Lipinski definition) is 7. The first-order valence-electron chi connectivity index (χ1n) is 8.83. The van der Waals surface area contributed by atoms with Gasteiger partial charge in [-0.2, -0.15) is 0 Å². The van der Waals surface area contributed by atoms with Gasteiger partial charge in [0.25, 0.3) is 0 Å². The van der Waals surface area contributed by atoms with Gasteiger partial charge < -0.3 is 9.57 Å². The van der Waals surface area contributed by atoms with E-state index >= 15 is 0 Å². The Bertz CT molecular complexity index is 1220. The fraction of sp³-hybridized carbons (Fsp3) is 0.389. The van der Waals surface area contributed by atoms with Gasteiger partial charge in [-0.3, -0.25) is 9.13 Å². The number of nitrogens with zero attached hydrogens (tertiary/aromatic N) is 4. The molecule has 0 aliphatic carbocycles. The van der Waals surface area contributed by atoms with E-state index in [1.54, 1.807) is 6.92 Å². The monoisotopic (exact) mass is 456 g/mol. The molecule has 0 fully saturated rings. The van der Waals surface area contributed by atoms with Crippen LogP contribution in [0.25, 0.3) is 5.69 Å². The number of oxime groups is 1. The van der Waals surface area contributed by atoms with E-state index in [1.807, 2.05) is 0 Å². The molecule has 1 aromatic carbocycles. The van der Waals surface area contributed by atoms with E-state index in [9.17, 15) is 18.8 Å². The summed E-state index contributed by atoms with van der Waals surface area (Å²) in [6.07, 6.45) is 0.00239. The van der Waals surface area contributed by atoms with Gasteiger partial charge in [0.15, 0.2) is 4.77 Å².